The molecule has 0 aliphatic heterocycles. The Morgan fingerprint density at radius 2 is 2.14 bits per heavy atom. The average Bonchev–Trinajstić information content (AvgIpc) is 3.28. The molecule has 1 saturated carbocycles. The maximum atomic E-state index is 11.9. The molecule has 1 aromatic rings. The monoisotopic (exact) mass is 290 g/mol. The predicted octanol–water partition coefficient (Wildman–Crippen LogP) is 1.30. The number of amides is 2. The number of rotatable bonds is 8. The molecule has 0 unspecified atom stereocenters. The summed E-state index contributed by atoms with van der Waals surface area (Å²) in [5.74, 6) is 0.547. The van der Waals surface area contributed by atoms with E-state index in [2.05, 4.69) is 20.9 Å². The minimum absolute atomic E-state index is 0.0685. The molecule has 1 aliphatic carbocycles. The van der Waals surface area contributed by atoms with E-state index in [4.69, 9.17) is 0 Å². The highest BCUT2D eigenvalue weighted by Crippen LogP contribution is 2.18. The summed E-state index contributed by atoms with van der Waals surface area (Å²) in [6.07, 6.45) is 3.27. The Morgan fingerprint density at radius 1 is 1.33 bits per heavy atom. The molecule has 0 atom stereocenters. The zero-order chi connectivity index (χ0) is 15.1. The number of nitrogens with one attached hydrogen (secondary N) is 3. The van der Waals surface area contributed by atoms with Crippen LogP contribution in [-0.2, 0) is 4.79 Å². The molecular formula is C15H22N4O2. The molecule has 2 rings (SSSR count). The summed E-state index contributed by atoms with van der Waals surface area (Å²) in [6.45, 7) is 3.21. The third kappa shape index (κ3) is 5.41. The highest BCUT2D eigenvalue weighted by molar-refractivity contribution is 5.92. The molecule has 0 radical (unpaired) electrons. The van der Waals surface area contributed by atoms with E-state index < -0.39 is 0 Å². The molecule has 6 nitrogen and oxygen atoms in total. The van der Waals surface area contributed by atoms with Crippen molar-refractivity contribution in [1.29, 1.82) is 0 Å². The Kier molecular flexibility index (Phi) is 5.54. The van der Waals surface area contributed by atoms with E-state index in [9.17, 15) is 9.59 Å². The zero-order valence-corrected chi connectivity index (χ0v) is 12.3. The Bertz CT molecular complexity index is 500. The van der Waals surface area contributed by atoms with Crippen molar-refractivity contribution in [3.8, 4) is 0 Å². The second-order valence-corrected chi connectivity index (χ2v) is 5.14. The highest BCUT2D eigenvalue weighted by Gasteiger charge is 2.22. The molecule has 0 saturated heterocycles. The molecule has 1 aromatic heterocycles. The number of carbonyl (C=O) groups excluding carboxylic acids is 2. The second-order valence-electron chi connectivity index (χ2n) is 5.14. The summed E-state index contributed by atoms with van der Waals surface area (Å²) in [5.41, 5.74) is 0.385. The van der Waals surface area contributed by atoms with Crippen LogP contribution in [0.3, 0.4) is 0 Å². The minimum atomic E-state index is -0.211. The first kappa shape index (κ1) is 15.3. The number of nitrogens with zero attached hydrogens (tertiary/aromatic N) is 1. The first-order valence-electron chi connectivity index (χ1n) is 7.47. The van der Waals surface area contributed by atoms with Gasteiger partial charge in [0.1, 0.15) is 11.5 Å². The van der Waals surface area contributed by atoms with Crippen LogP contribution in [0, 0.1) is 0 Å². The van der Waals surface area contributed by atoms with Gasteiger partial charge in [0.15, 0.2) is 0 Å². The van der Waals surface area contributed by atoms with Crippen molar-refractivity contribution in [2.75, 3.05) is 18.4 Å². The van der Waals surface area contributed by atoms with E-state index in [1.54, 1.807) is 12.1 Å². The molecule has 21 heavy (non-hydrogen) atoms. The van der Waals surface area contributed by atoms with E-state index in [0.29, 0.717) is 36.9 Å². The lowest BCUT2D eigenvalue weighted by Gasteiger charge is -2.07. The molecule has 0 spiro atoms. The van der Waals surface area contributed by atoms with Gasteiger partial charge in [0.2, 0.25) is 5.91 Å². The lowest BCUT2D eigenvalue weighted by molar-refractivity contribution is -0.121. The maximum absolute atomic E-state index is 11.9. The molecule has 1 aliphatic rings. The van der Waals surface area contributed by atoms with Crippen molar-refractivity contribution in [3.63, 3.8) is 0 Å². The molecule has 3 N–H and O–H groups in total. The van der Waals surface area contributed by atoms with Crippen molar-refractivity contribution < 1.29 is 9.59 Å². The molecule has 0 aromatic carbocycles. The lowest BCUT2D eigenvalue weighted by Crippen LogP contribution is -2.28. The standard InChI is InChI=1S/C15H22N4O2/c1-2-16-13-6-3-5-12(19-13)15(21)17-10-4-7-14(20)18-11-8-9-11/h3,5-6,11H,2,4,7-10H2,1H3,(H,16,19)(H,17,21)(H,18,20). The summed E-state index contributed by atoms with van der Waals surface area (Å²) in [6, 6.07) is 5.69. The van der Waals surface area contributed by atoms with Crippen LogP contribution in [0.1, 0.15) is 43.1 Å². The maximum Gasteiger partial charge on any atom is 0.269 e. The second kappa shape index (κ2) is 7.61. The highest BCUT2D eigenvalue weighted by atomic mass is 16.2. The Labute approximate surface area is 124 Å². The number of anilines is 1. The van der Waals surface area contributed by atoms with Crippen LogP contribution in [0.4, 0.5) is 5.82 Å². The smallest absolute Gasteiger partial charge is 0.269 e. The molecule has 0 bridgehead atoms. The van der Waals surface area contributed by atoms with Gasteiger partial charge >= 0.3 is 0 Å². The van der Waals surface area contributed by atoms with Gasteiger partial charge in [-0.2, -0.15) is 0 Å². The summed E-state index contributed by atoms with van der Waals surface area (Å²) >= 11 is 0. The van der Waals surface area contributed by atoms with Crippen LogP contribution in [0.25, 0.3) is 0 Å². The van der Waals surface area contributed by atoms with E-state index in [1.165, 1.54) is 0 Å². The largest absolute Gasteiger partial charge is 0.370 e. The van der Waals surface area contributed by atoms with Gasteiger partial charge in [-0.15, -0.1) is 0 Å². The van der Waals surface area contributed by atoms with Crippen LogP contribution < -0.4 is 16.0 Å². The Balaban J connectivity index is 1.68. The van der Waals surface area contributed by atoms with Crippen molar-refractivity contribution in [3.05, 3.63) is 23.9 Å². The fourth-order valence-electron chi connectivity index (χ4n) is 1.91. The number of pyridine rings is 1. The number of aromatic nitrogens is 1. The van der Waals surface area contributed by atoms with Gasteiger partial charge in [-0.3, -0.25) is 9.59 Å². The third-order valence-electron chi connectivity index (χ3n) is 3.15. The van der Waals surface area contributed by atoms with Gasteiger partial charge in [-0.1, -0.05) is 6.07 Å². The number of hydrogen-bond acceptors (Lipinski definition) is 4. The fraction of sp³-hybridized carbons (Fsp3) is 0.533. The quantitative estimate of drug-likeness (QED) is 0.630. The van der Waals surface area contributed by atoms with Crippen LogP contribution >= 0.6 is 0 Å². The van der Waals surface area contributed by atoms with Gasteiger partial charge in [0.25, 0.3) is 5.91 Å². The summed E-state index contributed by atoms with van der Waals surface area (Å²) in [7, 11) is 0. The van der Waals surface area contributed by atoms with E-state index in [0.717, 1.165) is 19.4 Å². The van der Waals surface area contributed by atoms with Gasteiger partial charge in [0.05, 0.1) is 0 Å². The fourth-order valence-corrected chi connectivity index (χ4v) is 1.91. The number of hydrogen-bond donors (Lipinski definition) is 3. The van der Waals surface area contributed by atoms with Gasteiger partial charge in [-0.05, 0) is 38.3 Å². The lowest BCUT2D eigenvalue weighted by atomic mass is 10.2. The van der Waals surface area contributed by atoms with Gasteiger partial charge in [-0.25, -0.2) is 4.98 Å². The van der Waals surface area contributed by atoms with Gasteiger partial charge in [0, 0.05) is 25.6 Å². The number of carbonyl (C=O) groups is 2. The van der Waals surface area contributed by atoms with Crippen molar-refractivity contribution in [2.45, 2.75) is 38.6 Å². The van der Waals surface area contributed by atoms with Crippen LogP contribution in [0.2, 0.25) is 0 Å². The summed E-state index contributed by atoms with van der Waals surface area (Å²) in [4.78, 5) is 27.6. The van der Waals surface area contributed by atoms with E-state index in [-0.39, 0.29) is 11.8 Å². The minimum Gasteiger partial charge on any atom is -0.370 e. The van der Waals surface area contributed by atoms with Gasteiger partial charge < -0.3 is 16.0 Å². The Morgan fingerprint density at radius 3 is 2.86 bits per heavy atom. The summed E-state index contributed by atoms with van der Waals surface area (Å²) in [5, 5.41) is 8.77. The molecule has 2 amide bonds. The first-order valence-corrected chi connectivity index (χ1v) is 7.47. The zero-order valence-electron chi connectivity index (χ0n) is 12.3. The first-order chi connectivity index (χ1) is 10.2. The third-order valence-corrected chi connectivity index (χ3v) is 3.15. The molecule has 114 valence electrons. The van der Waals surface area contributed by atoms with E-state index >= 15 is 0 Å². The van der Waals surface area contributed by atoms with Crippen molar-refractivity contribution in [2.24, 2.45) is 0 Å². The van der Waals surface area contributed by atoms with Crippen LogP contribution in [0.15, 0.2) is 18.2 Å². The molecule has 1 fully saturated rings. The SMILES string of the molecule is CCNc1cccc(C(=O)NCCCC(=O)NC2CC2)n1. The van der Waals surface area contributed by atoms with E-state index in [1.807, 2.05) is 13.0 Å². The van der Waals surface area contributed by atoms with Crippen LogP contribution in [-0.4, -0.2) is 35.9 Å². The topological polar surface area (TPSA) is 83.1 Å². The predicted molar refractivity (Wildman–Crippen MR) is 81.1 cm³/mol. The summed E-state index contributed by atoms with van der Waals surface area (Å²) < 4.78 is 0. The molecule has 6 heteroatoms. The average molecular weight is 290 g/mol. The van der Waals surface area contributed by atoms with Crippen molar-refractivity contribution >= 4 is 17.6 Å². The van der Waals surface area contributed by atoms with Crippen LogP contribution in [0.5, 0.6) is 0 Å². The normalized spacial score (nSPS) is 13.6. The Hall–Kier alpha value is -2.11. The molecule has 1 heterocycles. The molecular weight excluding hydrogens is 268 g/mol. The van der Waals surface area contributed by atoms with Crippen molar-refractivity contribution in [1.82, 2.24) is 15.6 Å².